The number of amides is 1. The second-order valence-electron chi connectivity index (χ2n) is 7.81. The van der Waals surface area contributed by atoms with Crippen molar-refractivity contribution in [3.8, 4) is 5.19 Å². The summed E-state index contributed by atoms with van der Waals surface area (Å²) in [6.07, 6.45) is 7.89. The monoisotopic (exact) mass is 411 g/mol. The summed E-state index contributed by atoms with van der Waals surface area (Å²) in [6.45, 7) is 3.76. The first kappa shape index (κ1) is 18.6. The topological polar surface area (TPSA) is 74.4 Å². The SMILES string of the molecule is O=C(c1ccc2nc[nH]c2c1)N1CCC(N2CCC(Oc3nccs3)CC2)CC1. The molecule has 0 unspecified atom stereocenters. The molecule has 2 aliphatic rings. The van der Waals surface area contributed by atoms with Crippen LogP contribution in [-0.4, -0.2) is 69.0 Å². The molecule has 3 aromatic rings. The van der Waals surface area contributed by atoms with Crippen molar-refractivity contribution < 1.29 is 9.53 Å². The van der Waals surface area contributed by atoms with E-state index in [1.54, 1.807) is 23.9 Å². The molecule has 2 fully saturated rings. The minimum atomic E-state index is 0.121. The highest BCUT2D eigenvalue weighted by Crippen LogP contribution is 2.25. The van der Waals surface area contributed by atoms with Gasteiger partial charge in [-0.2, -0.15) is 0 Å². The number of likely N-dealkylation sites (tertiary alicyclic amines) is 2. The highest BCUT2D eigenvalue weighted by molar-refractivity contribution is 7.11. The van der Waals surface area contributed by atoms with Crippen LogP contribution in [0, 0.1) is 0 Å². The van der Waals surface area contributed by atoms with Gasteiger partial charge in [-0.05, 0) is 43.9 Å². The van der Waals surface area contributed by atoms with Gasteiger partial charge in [-0.25, -0.2) is 9.97 Å². The Morgan fingerprint density at radius 2 is 1.93 bits per heavy atom. The van der Waals surface area contributed by atoms with Gasteiger partial charge in [0.15, 0.2) is 0 Å². The van der Waals surface area contributed by atoms with Crippen LogP contribution < -0.4 is 4.74 Å². The maximum Gasteiger partial charge on any atom is 0.273 e. The fourth-order valence-electron chi connectivity index (χ4n) is 4.46. The summed E-state index contributed by atoms with van der Waals surface area (Å²) in [5.74, 6) is 0.121. The Balaban J connectivity index is 1.12. The average Bonchev–Trinajstić information content (AvgIpc) is 3.45. The van der Waals surface area contributed by atoms with Crippen LogP contribution in [0.25, 0.3) is 11.0 Å². The predicted molar refractivity (Wildman–Crippen MR) is 112 cm³/mol. The van der Waals surface area contributed by atoms with Crippen LogP contribution in [0.1, 0.15) is 36.0 Å². The molecule has 0 radical (unpaired) electrons. The summed E-state index contributed by atoms with van der Waals surface area (Å²) in [5, 5.41) is 2.73. The third kappa shape index (κ3) is 4.00. The number of carbonyl (C=O) groups is 1. The summed E-state index contributed by atoms with van der Waals surface area (Å²) in [6, 6.07) is 6.26. The molecule has 5 rings (SSSR count). The van der Waals surface area contributed by atoms with Crippen LogP contribution in [0.3, 0.4) is 0 Å². The number of aromatic nitrogens is 3. The number of hydrogen-bond acceptors (Lipinski definition) is 6. The molecule has 29 heavy (non-hydrogen) atoms. The summed E-state index contributed by atoms with van der Waals surface area (Å²) in [5.41, 5.74) is 2.54. The number of nitrogens with zero attached hydrogens (tertiary/aromatic N) is 4. The molecule has 0 atom stereocenters. The van der Waals surface area contributed by atoms with Crippen molar-refractivity contribution in [3.05, 3.63) is 41.7 Å². The number of aromatic amines is 1. The Labute approximate surface area is 173 Å². The number of ether oxygens (including phenoxy) is 1. The van der Waals surface area contributed by atoms with E-state index >= 15 is 0 Å². The normalized spacial score (nSPS) is 19.7. The van der Waals surface area contributed by atoms with Crippen LogP contribution in [0.5, 0.6) is 5.19 Å². The first-order valence-electron chi connectivity index (χ1n) is 10.3. The van der Waals surface area contributed by atoms with E-state index in [1.807, 2.05) is 28.5 Å². The summed E-state index contributed by atoms with van der Waals surface area (Å²) < 4.78 is 5.97. The molecule has 0 aliphatic carbocycles. The number of imidazole rings is 1. The van der Waals surface area contributed by atoms with Gasteiger partial charge in [0, 0.05) is 49.4 Å². The van der Waals surface area contributed by atoms with Crippen molar-refractivity contribution in [1.29, 1.82) is 0 Å². The van der Waals surface area contributed by atoms with E-state index in [0.717, 1.165) is 73.7 Å². The number of fused-ring (bicyclic) bond motifs is 1. The summed E-state index contributed by atoms with van der Waals surface area (Å²) >= 11 is 1.56. The fourth-order valence-corrected chi connectivity index (χ4v) is 5.01. The van der Waals surface area contributed by atoms with Gasteiger partial charge < -0.3 is 14.6 Å². The van der Waals surface area contributed by atoms with Gasteiger partial charge in [-0.15, -0.1) is 0 Å². The lowest BCUT2D eigenvalue weighted by molar-refractivity contribution is 0.0425. The highest BCUT2D eigenvalue weighted by atomic mass is 32.1. The number of H-pyrrole nitrogens is 1. The quantitative estimate of drug-likeness (QED) is 0.714. The average molecular weight is 412 g/mol. The van der Waals surface area contributed by atoms with Crippen LogP contribution >= 0.6 is 11.3 Å². The molecule has 152 valence electrons. The molecule has 0 spiro atoms. The van der Waals surface area contributed by atoms with E-state index in [1.165, 1.54) is 0 Å². The van der Waals surface area contributed by atoms with Gasteiger partial charge in [0.2, 0.25) is 0 Å². The van der Waals surface area contributed by atoms with Crippen molar-refractivity contribution in [2.45, 2.75) is 37.8 Å². The number of thiazole rings is 1. The van der Waals surface area contributed by atoms with Gasteiger partial charge in [0.05, 0.1) is 17.4 Å². The third-order valence-corrected chi connectivity index (χ3v) is 6.75. The Morgan fingerprint density at radius 3 is 2.69 bits per heavy atom. The molecule has 2 aromatic heterocycles. The lowest BCUT2D eigenvalue weighted by Crippen LogP contribution is -2.50. The maximum atomic E-state index is 12.9. The van der Waals surface area contributed by atoms with Gasteiger partial charge in [0.1, 0.15) is 6.10 Å². The van der Waals surface area contributed by atoms with Crippen LogP contribution in [0.4, 0.5) is 0 Å². The Morgan fingerprint density at radius 1 is 1.10 bits per heavy atom. The molecule has 1 N–H and O–H groups in total. The molecule has 1 amide bonds. The number of piperidine rings is 2. The minimum absolute atomic E-state index is 0.121. The lowest BCUT2D eigenvalue weighted by Gasteiger charge is -2.41. The maximum absolute atomic E-state index is 12.9. The molecule has 0 saturated carbocycles. The Kier molecular flexibility index (Phi) is 5.20. The molecule has 2 aliphatic heterocycles. The molecule has 7 nitrogen and oxygen atoms in total. The number of benzene rings is 1. The zero-order chi connectivity index (χ0) is 19.6. The Hall–Kier alpha value is -2.45. The van der Waals surface area contributed by atoms with E-state index in [9.17, 15) is 4.79 Å². The van der Waals surface area contributed by atoms with Gasteiger partial charge in [0.25, 0.3) is 11.1 Å². The molecule has 1 aromatic carbocycles. The van der Waals surface area contributed by atoms with Crippen molar-refractivity contribution in [2.24, 2.45) is 0 Å². The second kappa shape index (κ2) is 8.12. The van der Waals surface area contributed by atoms with Crippen molar-refractivity contribution in [1.82, 2.24) is 24.8 Å². The van der Waals surface area contributed by atoms with E-state index in [0.29, 0.717) is 6.04 Å². The third-order valence-electron chi connectivity index (χ3n) is 6.09. The Bertz CT molecular complexity index is 957. The molecule has 2 saturated heterocycles. The van der Waals surface area contributed by atoms with Crippen LogP contribution in [0.15, 0.2) is 36.1 Å². The summed E-state index contributed by atoms with van der Waals surface area (Å²) in [4.78, 5) is 29.0. The van der Waals surface area contributed by atoms with Crippen molar-refractivity contribution in [3.63, 3.8) is 0 Å². The van der Waals surface area contributed by atoms with Crippen molar-refractivity contribution >= 4 is 28.3 Å². The predicted octanol–water partition coefficient (Wildman–Crippen LogP) is 3.17. The highest BCUT2D eigenvalue weighted by Gasteiger charge is 2.30. The molecule has 4 heterocycles. The smallest absolute Gasteiger partial charge is 0.273 e. The van der Waals surface area contributed by atoms with Crippen LogP contribution in [-0.2, 0) is 0 Å². The largest absolute Gasteiger partial charge is 0.467 e. The first-order valence-corrected chi connectivity index (χ1v) is 11.2. The molecule has 0 bridgehead atoms. The minimum Gasteiger partial charge on any atom is -0.467 e. The van der Waals surface area contributed by atoms with E-state index in [2.05, 4.69) is 19.9 Å². The zero-order valence-electron chi connectivity index (χ0n) is 16.3. The van der Waals surface area contributed by atoms with E-state index in [4.69, 9.17) is 4.74 Å². The number of rotatable bonds is 4. The number of carbonyl (C=O) groups excluding carboxylic acids is 1. The molecule has 8 heteroatoms. The summed E-state index contributed by atoms with van der Waals surface area (Å²) in [7, 11) is 0. The van der Waals surface area contributed by atoms with Gasteiger partial charge in [-0.3, -0.25) is 9.69 Å². The lowest BCUT2D eigenvalue weighted by atomic mass is 9.98. The number of nitrogens with one attached hydrogen (secondary N) is 1. The molecular weight excluding hydrogens is 386 g/mol. The van der Waals surface area contributed by atoms with Crippen LogP contribution in [0.2, 0.25) is 0 Å². The van der Waals surface area contributed by atoms with Gasteiger partial charge in [-0.1, -0.05) is 11.3 Å². The van der Waals surface area contributed by atoms with Crippen molar-refractivity contribution in [2.75, 3.05) is 26.2 Å². The first-order chi connectivity index (χ1) is 14.3. The zero-order valence-corrected chi connectivity index (χ0v) is 17.1. The van der Waals surface area contributed by atoms with E-state index < -0.39 is 0 Å². The second-order valence-corrected chi connectivity index (χ2v) is 8.67. The van der Waals surface area contributed by atoms with Gasteiger partial charge >= 0.3 is 0 Å². The standard InChI is InChI=1S/C21H25N5O2S/c27-20(15-1-2-18-19(13-15)24-14-23-18)26-8-3-16(4-9-26)25-10-5-17(6-11-25)28-21-22-7-12-29-21/h1-2,7,12-14,16-17H,3-6,8-11H2,(H,23,24). The number of hydrogen-bond donors (Lipinski definition) is 1. The molecular formula is C21H25N5O2S. The fraction of sp³-hybridized carbons (Fsp3) is 0.476. The van der Waals surface area contributed by atoms with E-state index in [-0.39, 0.29) is 12.0 Å².